The number of hydrogen-bond donors (Lipinski definition) is 1. The van der Waals surface area contributed by atoms with Crippen LogP contribution in [0, 0.1) is 0 Å². The molecule has 2 N–H and O–H groups in total. The Morgan fingerprint density at radius 1 is 1.54 bits per heavy atom. The third kappa shape index (κ3) is 1.41. The molecule has 1 aliphatic heterocycles. The van der Waals surface area contributed by atoms with Crippen LogP contribution in [0.4, 0.5) is 0 Å². The first-order chi connectivity index (χ1) is 6.33. The zero-order chi connectivity index (χ0) is 9.26. The Morgan fingerprint density at radius 2 is 2.38 bits per heavy atom. The smallest absolute Gasteiger partial charge is 0.124 e. The van der Waals surface area contributed by atoms with Crippen LogP contribution >= 0.6 is 0 Å². The number of methoxy groups -OCH3 is 1. The lowest BCUT2D eigenvalue weighted by Gasteiger charge is -2.24. The van der Waals surface area contributed by atoms with Crippen molar-refractivity contribution >= 4 is 0 Å². The van der Waals surface area contributed by atoms with Gasteiger partial charge in [0.05, 0.1) is 26.4 Å². The first-order valence-corrected chi connectivity index (χ1v) is 4.32. The Bertz CT molecular complexity index is 298. The van der Waals surface area contributed by atoms with E-state index in [2.05, 4.69) is 0 Å². The van der Waals surface area contributed by atoms with E-state index in [1.54, 1.807) is 7.11 Å². The van der Waals surface area contributed by atoms with Gasteiger partial charge in [-0.15, -0.1) is 0 Å². The first-order valence-electron chi connectivity index (χ1n) is 4.32. The molecule has 3 heteroatoms. The highest BCUT2D eigenvalue weighted by molar-refractivity contribution is 5.43. The third-order valence-corrected chi connectivity index (χ3v) is 2.30. The molecule has 1 atom stereocenters. The molecule has 0 bridgehead atoms. The number of rotatable bonds is 1. The van der Waals surface area contributed by atoms with E-state index < -0.39 is 0 Å². The van der Waals surface area contributed by atoms with E-state index in [4.69, 9.17) is 15.2 Å². The van der Waals surface area contributed by atoms with Gasteiger partial charge in [0.15, 0.2) is 0 Å². The number of nitrogens with two attached hydrogens (primary N) is 1. The maximum absolute atomic E-state index is 5.92. The molecule has 2 rings (SSSR count). The molecule has 1 aromatic carbocycles. The third-order valence-electron chi connectivity index (χ3n) is 2.30. The molecule has 0 aromatic heterocycles. The summed E-state index contributed by atoms with van der Waals surface area (Å²) in [6, 6.07) is 5.86. The Labute approximate surface area is 77.5 Å². The SMILES string of the molecule is COc1cccc2c1[C@H](N)COC2. The molecule has 0 unspecified atom stereocenters. The van der Waals surface area contributed by atoms with Crippen molar-refractivity contribution < 1.29 is 9.47 Å². The average molecular weight is 179 g/mol. The Hall–Kier alpha value is -1.06. The summed E-state index contributed by atoms with van der Waals surface area (Å²) < 4.78 is 10.6. The maximum Gasteiger partial charge on any atom is 0.124 e. The van der Waals surface area contributed by atoms with Gasteiger partial charge in [0.1, 0.15) is 5.75 Å². The van der Waals surface area contributed by atoms with E-state index in [1.165, 1.54) is 0 Å². The van der Waals surface area contributed by atoms with E-state index in [0.717, 1.165) is 16.9 Å². The lowest BCUT2D eigenvalue weighted by molar-refractivity contribution is 0.0911. The van der Waals surface area contributed by atoms with Gasteiger partial charge in [-0.1, -0.05) is 12.1 Å². The topological polar surface area (TPSA) is 44.5 Å². The summed E-state index contributed by atoms with van der Waals surface area (Å²) in [6.45, 7) is 1.22. The van der Waals surface area contributed by atoms with Gasteiger partial charge in [0.25, 0.3) is 0 Å². The zero-order valence-corrected chi connectivity index (χ0v) is 7.62. The average Bonchev–Trinajstić information content (AvgIpc) is 2.17. The molecule has 0 amide bonds. The summed E-state index contributed by atoms with van der Waals surface area (Å²) in [6.07, 6.45) is 0. The molecule has 3 nitrogen and oxygen atoms in total. The van der Waals surface area contributed by atoms with Gasteiger partial charge in [-0.2, -0.15) is 0 Å². The molecule has 0 saturated carbocycles. The molecule has 1 aromatic rings. The monoisotopic (exact) mass is 179 g/mol. The fraction of sp³-hybridized carbons (Fsp3) is 0.400. The second-order valence-corrected chi connectivity index (χ2v) is 3.15. The molecular weight excluding hydrogens is 166 g/mol. The second-order valence-electron chi connectivity index (χ2n) is 3.15. The Balaban J connectivity index is 2.50. The summed E-state index contributed by atoms with van der Waals surface area (Å²) in [4.78, 5) is 0. The number of benzene rings is 1. The summed E-state index contributed by atoms with van der Waals surface area (Å²) in [5, 5.41) is 0. The van der Waals surface area contributed by atoms with Crippen molar-refractivity contribution in [2.24, 2.45) is 5.73 Å². The van der Waals surface area contributed by atoms with Crippen molar-refractivity contribution in [3.05, 3.63) is 29.3 Å². The maximum atomic E-state index is 5.92. The van der Waals surface area contributed by atoms with E-state index in [1.807, 2.05) is 18.2 Å². The number of hydrogen-bond acceptors (Lipinski definition) is 3. The first kappa shape index (κ1) is 8.53. The molecule has 70 valence electrons. The lowest BCUT2D eigenvalue weighted by Crippen LogP contribution is -2.24. The summed E-state index contributed by atoms with van der Waals surface area (Å²) in [5.74, 6) is 0.869. The van der Waals surface area contributed by atoms with Crippen LogP contribution in [0.5, 0.6) is 5.75 Å². The van der Waals surface area contributed by atoms with Gasteiger partial charge in [-0.25, -0.2) is 0 Å². The van der Waals surface area contributed by atoms with Crippen LogP contribution in [0.2, 0.25) is 0 Å². The minimum Gasteiger partial charge on any atom is -0.496 e. The van der Waals surface area contributed by atoms with Crippen molar-refractivity contribution in [2.75, 3.05) is 13.7 Å². The zero-order valence-electron chi connectivity index (χ0n) is 7.62. The van der Waals surface area contributed by atoms with Crippen LogP contribution < -0.4 is 10.5 Å². The molecular formula is C10H13NO2. The van der Waals surface area contributed by atoms with E-state index in [9.17, 15) is 0 Å². The Kier molecular flexibility index (Phi) is 2.20. The van der Waals surface area contributed by atoms with Crippen molar-refractivity contribution in [3.63, 3.8) is 0 Å². The van der Waals surface area contributed by atoms with Crippen LogP contribution in [0.25, 0.3) is 0 Å². The predicted molar refractivity (Wildman–Crippen MR) is 49.6 cm³/mol. The molecule has 0 fully saturated rings. The van der Waals surface area contributed by atoms with Gasteiger partial charge in [0.2, 0.25) is 0 Å². The van der Waals surface area contributed by atoms with Gasteiger partial charge >= 0.3 is 0 Å². The van der Waals surface area contributed by atoms with Crippen LogP contribution in [0.1, 0.15) is 17.2 Å². The van der Waals surface area contributed by atoms with Crippen LogP contribution in [0.15, 0.2) is 18.2 Å². The molecule has 13 heavy (non-hydrogen) atoms. The van der Waals surface area contributed by atoms with Gasteiger partial charge in [-0.3, -0.25) is 0 Å². The van der Waals surface area contributed by atoms with Gasteiger partial charge in [0, 0.05) is 5.56 Å². The van der Waals surface area contributed by atoms with Crippen molar-refractivity contribution in [1.29, 1.82) is 0 Å². The normalized spacial score (nSPS) is 20.9. The molecule has 0 spiro atoms. The molecule has 0 saturated heterocycles. The van der Waals surface area contributed by atoms with Crippen molar-refractivity contribution in [1.82, 2.24) is 0 Å². The summed E-state index contributed by atoms with van der Waals surface area (Å²) in [7, 11) is 1.66. The minimum absolute atomic E-state index is 0.0556. The quantitative estimate of drug-likeness (QED) is 0.705. The number of fused-ring (bicyclic) bond motifs is 1. The van der Waals surface area contributed by atoms with Gasteiger partial charge < -0.3 is 15.2 Å². The highest BCUT2D eigenvalue weighted by Gasteiger charge is 2.20. The standard InChI is InChI=1S/C10H13NO2/c1-12-9-4-2-3-7-5-13-6-8(11)10(7)9/h2-4,8H,5-6,11H2,1H3/t8-/m1/s1. The highest BCUT2D eigenvalue weighted by atomic mass is 16.5. The van der Waals surface area contributed by atoms with Crippen LogP contribution in [-0.4, -0.2) is 13.7 Å². The van der Waals surface area contributed by atoms with E-state index >= 15 is 0 Å². The minimum atomic E-state index is -0.0556. The Morgan fingerprint density at radius 3 is 3.15 bits per heavy atom. The van der Waals surface area contributed by atoms with Gasteiger partial charge in [-0.05, 0) is 11.6 Å². The second kappa shape index (κ2) is 3.36. The predicted octanol–water partition coefficient (Wildman–Crippen LogP) is 1.23. The van der Waals surface area contributed by atoms with E-state index in [-0.39, 0.29) is 6.04 Å². The molecule has 0 radical (unpaired) electrons. The van der Waals surface area contributed by atoms with Crippen molar-refractivity contribution in [3.8, 4) is 5.75 Å². The van der Waals surface area contributed by atoms with Crippen molar-refractivity contribution in [2.45, 2.75) is 12.6 Å². The lowest BCUT2D eigenvalue weighted by atomic mass is 9.98. The highest BCUT2D eigenvalue weighted by Crippen LogP contribution is 2.31. The number of ether oxygens (including phenoxy) is 2. The van der Waals surface area contributed by atoms with Crippen LogP contribution in [-0.2, 0) is 11.3 Å². The summed E-state index contributed by atoms with van der Waals surface area (Å²) >= 11 is 0. The summed E-state index contributed by atoms with van der Waals surface area (Å²) in [5.41, 5.74) is 8.15. The fourth-order valence-electron chi connectivity index (χ4n) is 1.69. The molecule has 1 aliphatic rings. The van der Waals surface area contributed by atoms with Crippen LogP contribution in [0.3, 0.4) is 0 Å². The molecule has 0 aliphatic carbocycles. The fourth-order valence-corrected chi connectivity index (χ4v) is 1.69. The molecule has 1 heterocycles. The largest absolute Gasteiger partial charge is 0.496 e. The van der Waals surface area contributed by atoms with E-state index in [0.29, 0.717) is 13.2 Å².